The van der Waals surface area contributed by atoms with Crippen LogP contribution in [-0.4, -0.2) is 77.0 Å². The maximum absolute atomic E-state index is 14.0. The van der Waals surface area contributed by atoms with E-state index in [2.05, 4.69) is 6.58 Å². The Labute approximate surface area is 230 Å². The van der Waals surface area contributed by atoms with Crippen molar-refractivity contribution in [3.8, 4) is 22.6 Å². The molecular weight excluding hydrogens is 516 g/mol. The van der Waals surface area contributed by atoms with E-state index in [4.69, 9.17) is 10.5 Å². The summed E-state index contributed by atoms with van der Waals surface area (Å²) in [4.78, 5) is 68.1. The number of rotatable bonds is 5. The molecule has 5 rings (SSSR count). The van der Waals surface area contributed by atoms with Gasteiger partial charge in [-0.2, -0.15) is 0 Å². The van der Waals surface area contributed by atoms with Gasteiger partial charge in [0.25, 0.3) is 0 Å². The number of benzene rings is 2. The average Bonchev–Trinajstić information content (AvgIpc) is 2.90. The van der Waals surface area contributed by atoms with Gasteiger partial charge in [0, 0.05) is 11.5 Å². The summed E-state index contributed by atoms with van der Waals surface area (Å²) in [6, 6.07) is 7.29. The number of carbonyl (C=O) groups excluding carboxylic acids is 5. The number of amides is 1. The number of Topliss-reactive ketones (excluding diaryl/α,β-unsaturated/α-hetero) is 4. The molecular formula is C30H30N2O8. The SMILES string of the molecule is C=Cc1ccc(OC)c(-c2ccc(O)c3c2C[C@H]2C[C@H]4[C@@H](N(C)C)C(=O)C(C(N)=O)C(=O)[C@@]4(O)C(=O)C2C3=O)c1. The molecule has 2 aromatic rings. The summed E-state index contributed by atoms with van der Waals surface area (Å²) < 4.78 is 5.56. The van der Waals surface area contributed by atoms with Crippen molar-refractivity contribution in [3.63, 3.8) is 0 Å². The molecule has 208 valence electrons. The minimum atomic E-state index is -2.76. The number of primary amides is 1. The molecule has 10 heteroatoms. The molecule has 2 aromatic carbocycles. The van der Waals surface area contributed by atoms with Gasteiger partial charge in [0.15, 0.2) is 34.7 Å². The number of aromatic hydroxyl groups is 1. The summed E-state index contributed by atoms with van der Waals surface area (Å²) in [5, 5.41) is 22.5. The van der Waals surface area contributed by atoms with Crippen LogP contribution < -0.4 is 10.5 Å². The number of phenols is 1. The Morgan fingerprint density at radius 1 is 1.12 bits per heavy atom. The van der Waals surface area contributed by atoms with Crippen LogP contribution in [-0.2, 0) is 25.6 Å². The predicted octanol–water partition coefficient (Wildman–Crippen LogP) is 1.19. The topological polar surface area (TPSA) is 164 Å². The zero-order valence-corrected chi connectivity index (χ0v) is 22.3. The fraction of sp³-hybridized carbons (Fsp3) is 0.367. The molecule has 2 saturated carbocycles. The van der Waals surface area contributed by atoms with Crippen molar-refractivity contribution < 1.29 is 38.9 Å². The first kappa shape index (κ1) is 27.4. The summed E-state index contributed by atoms with van der Waals surface area (Å²) in [5.41, 5.74) is 5.08. The molecule has 0 heterocycles. The van der Waals surface area contributed by atoms with E-state index >= 15 is 0 Å². The van der Waals surface area contributed by atoms with Gasteiger partial charge in [-0.15, -0.1) is 0 Å². The second kappa shape index (κ2) is 9.50. The third kappa shape index (κ3) is 3.66. The van der Waals surface area contributed by atoms with Crippen molar-refractivity contribution >= 4 is 35.1 Å². The molecule has 6 atom stereocenters. The van der Waals surface area contributed by atoms with Crippen LogP contribution in [0.4, 0.5) is 0 Å². The Balaban J connectivity index is 1.68. The first-order valence-electron chi connectivity index (χ1n) is 12.9. The number of ketones is 4. The zero-order chi connectivity index (χ0) is 29.3. The fourth-order valence-electron chi connectivity index (χ4n) is 6.92. The van der Waals surface area contributed by atoms with E-state index in [-0.39, 0.29) is 24.2 Å². The number of nitrogens with zero attached hydrogens (tertiary/aromatic N) is 1. The third-order valence-corrected chi connectivity index (χ3v) is 8.69. The molecule has 0 saturated heterocycles. The highest BCUT2D eigenvalue weighted by atomic mass is 16.5. The average molecular weight is 547 g/mol. The Morgan fingerprint density at radius 3 is 2.42 bits per heavy atom. The quantitative estimate of drug-likeness (QED) is 0.467. The number of aliphatic hydroxyl groups is 1. The minimum Gasteiger partial charge on any atom is -0.507 e. The number of fused-ring (bicyclic) bond motifs is 3. The van der Waals surface area contributed by atoms with Crippen molar-refractivity contribution in [1.29, 1.82) is 0 Å². The van der Waals surface area contributed by atoms with E-state index < -0.39 is 64.4 Å². The summed E-state index contributed by atoms with van der Waals surface area (Å²) in [5.74, 6) is -10.3. The lowest BCUT2D eigenvalue weighted by Crippen LogP contribution is -2.74. The monoisotopic (exact) mass is 546 g/mol. The third-order valence-electron chi connectivity index (χ3n) is 8.69. The molecule has 3 aliphatic rings. The second-order valence-electron chi connectivity index (χ2n) is 10.9. The zero-order valence-electron chi connectivity index (χ0n) is 22.3. The van der Waals surface area contributed by atoms with E-state index in [0.717, 1.165) is 5.56 Å². The Kier molecular flexibility index (Phi) is 6.51. The number of hydrogen-bond donors (Lipinski definition) is 3. The Bertz CT molecular complexity index is 1510. The molecule has 0 aliphatic heterocycles. The number of likely N-dealkylation sites (N-methyl/N-ethyl adjacent to an activating group) is 1. The second-order valence-corrected chi connectivity index (χ2v) is 10.9. The summed E-state index contributed by atoms with van der Waals surface area (Å²) >= 11 is 0. The maximum atomic E-state index is 14.0. The molecule has 0 spiro atoms. The van der Waals surface area contributed by atoms with Gasteiger partial charge in [0.1, 0.15) is 11.5 Å². The smallest absolute Gasteiger partial charge is 0.235 e. The van der Waals surface area contributed by atoms with Crippen molar-refractivity contribution in [2.45, 2.75) is 24.5 Å². The van der Waals surface area contributed by atoms with Gasteiger partial charge < -0.3 is 20.7 Å². The van der Waals surface area contributed by atoms with Gasteiger partial charge in [0.2, 0.25) is 5.91 Å². The molecule has 40 heavy (non-hydrogen) atoms. The van der Waals surface area contributed by atoms with Gasteiger partial charge in [-0.05, 0) is 67.7 Å². The van der Waals surface area contributed by atoms with Gasteiger partial charge in [-0.25, -0.2) is 0 Å². The van der Waals surface area contributed by atoms with Crippen LogP contribution in [0.5, 0.6) is 11.5 Å². The molecule has 4 N–H and O–H groups in total. The van der Waals surface area contributed by atoms with E-state index in [9.17, 15) is 34.2 Å². The number of carbonyl (C=O) groups is 5. The first-order valence-corrected chi connectivity index (χ1v) is 12.9. The highest BCUT2D eigenvalue weighted by molar-refractivity contribution is 6.32. The summed E-state index contributed by atoms with van der Waals surface area (Å²) in [6.45, 7) is 3.81. The minimum absolute atomic E-state index is 0.0250. The Morgan fingerprint density at radius 2 is 1.82 bits per heavy atom. The molecule has 0 bridgehead atoms. The first-order chi connectivity index (χ1) is 18.9. The largest absolute Gasteiger partial charge is 0.507 e. The molecule has 0 aromatic heterocycles. The number of hydrogen-bond acceptors (Lipinski definition) is 9. The van der Waals surface area contributed by atoms with E-state index in [1.54, 1.807) is 32.3 Å². The molecule has 0 radical (unpaired) electrons. The van der Waals surface area contributed by atoms with E-state index in [1.807, 2.05) is 12.1 Å². The van der Waals surface area contributed by atoms with Crippen LogP contribution in [0.3, 0.4) is 0 Å². The van der Waals surface area contributed by atoms with Crippen LogP contribution in [0, 0.1) is 23.7 Å². The van der Waals surface area contributed by atoms with Crippen molar-refractivity contribution in [3.05, 3.63) is 53.6 Å². The van der Waals surface area contributed by atoms with Crippen molar-refractivity contribution in [1.82, 2.24) is 4.90 Å². The van der Waals surface area contributed by atoms with Gasteiger partial charge >= 0.3 is 0 Å². The maximum Gasteiger partial charge on any atom is 0.235 e. The molecule has 2 fully saturated rings. The van der Waals surface area contributed by atoms with Crippen LogP contribution in [0.1, 0.15) is 27.9 Å². The van der Waals surface area contributed by atoms with Gasteiger partial charge in [-0.1, -0.05) is 24.8 Å². The predicted molar refractivity (Wildman–Crippen MR) is 143 cm³/mol. The van der Waals surface area contributed by atoms with E-state index in [0.29, 0.717) is 22.4 Å². The number of ether oxygens (including phenoxy) is 1. The summed E-state index contributed by atoms with van der Waals surface area (Å²) in [6.07, 6.45) is 1.79. The number of nitrogens with two attached hydrogens (primary N) is 1. The molecule has 3 aliphatic carbocycles. The van der Waals surface area contributed by atoms with Crippen LogP contribution in [0.25, 0.3) is 17.2 Å². The van der Waals surface area contributed by atoms with Crippen LogP contribution >= 0.6 is 0 Å². The highest BCUT2D eigenvalue weighted by Gasteiger charge is 2.69. The molecule has 2 unspecified atom stereocenters. The molecule has 1 amide bonds. The Hall–Kier alpha value is -4.15. The lowest BCUT2D eigenvalue weighted by Gasteiger charge is -2.52. The summed E-state index contributed by atoms with van der Waals surface area (Å²) in [7, 11) is 4.60. The van der Waals surface area contributed by atoms with E-state index in [1.165, 1.54) is 18.1 Å². The van der Waals surface area contributed by atoms with Crippen LogP contribution in [0.15, 0.2) is 36.9 Å². The van der Waals surface area contributed by atoms with Gasteiger partial charge in [-0.3, -0.25) is 28.9 Å². The lowest BCUT2D eigenvalue weighted by atomic mass is 9.52. The number of methoxy groups -OCH3 is 1. The standard InChI is InChI=1S/C30H30N2O8/c1-5-13-6-9-20(40-4)16(10-13)15-7-8-19(33)22-17(15)11-14-12-18-24(32(2)3)26(35)23(29(31)38)28(37)30(18,39)27(36)21(14)25(22)34/h5-10,14,18,21,23-24,33,39H,1,11-12H2,2-4H3,(H2,31,38)/t14-,18-,21?,23?,24+,30-/m0/s1. The normalized spacial score (nSPS) is 29.5. The lowest BCUT2D eigenvalue weighted by molar-refractivity contribution is -0.181. The number of phenolic OH excluding ortho intramolecular Hbond substituents is 1. The highest BCUT2D eigenvalue weighted by Crippen LogP contribution is 2.52. The van der Waals surface area contributed by atoms with Crippen molar-refractivity contribution in [2.24, 2.45) is 29.4 Å². The van der Waals surface area contributed by atoms with Crippen molar-refractivity contribution in [2.75, 3.05) is 21.2 Å². The molecule has 10 nitrogen and oxygen atoms in total. The van der Waals surface area contributed by atoms with Gasteiger partial charge in [0.05, 0.1) is 24.6 Å². The van der Waals surface area contributed by atoms with Crippen LogP contribution in [0.2, 0.25) is 0 Å². The fourth-order valence-corrected chi connectivity index (χ4v) is 6.92.